The molecule has 4 rings (SSSR count). The number of hydrogen-bond donors (Lipinski definition) is 2. The molecule has 2 aliphatic heterocycles. The van der Waals surface area contributed by atoms with E-state index in [1.165, 1.54) is 6.07 Å². The van der Waals surface area contributed by atoms with Crippen LogP contribution >= 0.6 is 0 Å². The predicted octanol–water partition coefficient (Wildman–Crippen LogP) is 2.92. The second-order valence-electron chi connectivity index (χ2n) is 7.60. The molecule has 0 spiro atoms. The first kappa shape index (κ1) is 17.1. The van der Waals surface area contributed by atoms with E-state index in [4.69, 9.17) is 13.9 Å². The molecule has 3 unspecified atom stereocenters. The molecule has 2 aliphatic rings. The summed E-state index contributed by atoms with van der Waals surface area (Å²) in [4.78, 5) is 12.0. The van der Waals surface area contributed by atoms with Crippen LogP contribution in [0, 0.1) is 5.92 Å². The van der Waals surface area contributed by atoms with E-state index in [0.29, 0.717) is 33.6 Å². The van der Waals surface area contributed by atoms with E-state index >= 15 is 0 Å². The van der Waals surface area contributed by atoms with Gasteiger partial charge >= 0.3 is 5.63 Å². The molecule has 0 radical (unpaired) electrons. The maximum atomic E-state index is 12.0. The van der Waals surface area contributed by atoms with Crippen LogP contribution in [0.3, 0.4) is 0 Å². The molecule has 26 heavy (non-hydrogen) atoms. The zero-order valence-corrected chi connectivity index (χ0v) is 15.2. The van der Waals surface area contributed by atoms with Crippen LogP contribution in [0.1, 0.15) is 50.5 Å². The van der Waals surface area contributed by atoms with E-state index in [1.54, 1.807) is 0 Å². The van der Waals surface area contributed by atoms with Crippen molar-refractivity contribution in [1.29, 1.82) is 0 Å². The van der Waals surface area contributed by atoms with Crippen molar-refractivity contribution in [3.8, 4) is 11.5 Å². The molecule has 0 aliphatic carbocycles. The van der Waals surface area contributed by atoms with Crippen molar-refractivity contribution in [2.75, 3.05) is 0 Å². The SMILES string of the molecule is CC1Oc2c3c(c4c(CO)cc(=O)oc4c2C(O)C1C)OC(C)(C)C=C3. The Balaban J connectivity index is 2.19. The minimum Gasteiger partial charge on any atom is -0.489 e. The van der Waals surface area contributed by atoms with Crippen LogP contribution in [0.25, 0.3) is 17.0 Å². The molecule has 6 heteroatoms. The normalized spacial score (nSPS) is 26.0. The molecule has 0 bridgehead atoms. The average molecular weight is 358 g/mol. The van der Waals surface area contributed by atoms with Crippen molar-refractivity contribution in [2.45, 2.75) is 52.1 Å². The van der Waals surface area contributed by atoms with Gasteiger partial charge in [-0.1, -0.05) is 6.92 Å². The van der Waals surface area contributed by atoms with Crippen molar-refractivity contribution < 1.29 is 24.1 Å². The molecule has 3 atom stereocenters. The number of fused-ring (bicyclic) bond motifs is 6. The maximum Gasteiger partial charge on any atom is 0.336 e. The Labute approximate surface area is 150 Å². The number of aliphatic hydroxyl groups excluding tert-OH is 2. The molecule has 3 heterocycles. The van der Waals surface area contributed by atoms with Gasteiger partial charge in [-0.05, 0) is 38.5 Å². The van der Waals surface area contributed by atoms with Crippen molar-refractivity contribution >= 4 is 17.0 Å². The minimum atomic E-state index is -0.859. The van der Waals surface area contributed by atoms with E-state index in [0.717, 1.165) is 0 Å². The van der Waals surface area contributed by atoms with E-state index in [2.05, 4.69) is 0 Å². The van der Waals surface area contributed by atoms with E-state index in [-0.39, 0.29) is 24.2 Å². The third-order valence-corrected chi connectivity index (χ3v) is 5.27. The highest BCUT2D eigenvalue weighted by atomic mass is 16.5. The van der Waals surface area contributed by atoms with Gasteiger partial charge in [-0.3, -0.25) is 0 Å². The number of aliphatic hydroxyl groups is 2. The molecule has 2 aromatic rings. The van der Waals surface area contributed by atoms with E-state index < -0.39 is 17.3 Å². The fourth-order valence-electron chi connectivity index (χ4n) is 3.64. The Kier molecular flexibility index (Phi) is 3.68. The smallest absolute Gasteiger partial charge is 0.336 e. The maximum absolute atomic E-state index is 12.0. The van der Waals surface area contributed by atoms with Crippen LogP contribution in [0.2, 0.25) is 0 Å². The first-order valence-electron chi connectivity index (χ1n) is 8.74. The molecule has 2 N–H and O–H groups in total. The quantitative estimate of drug-likeness (QED) is 0.762. The highest BCUT2D eigenvalue weighted by Gasteiger charge is 2.39. The van der Waals surface area contributed by atoms with E-state index in [9.17, 15) is 15.0 Å². The Morgan fingerprint density at radius 1 is 1.23 bits per heavy atom. The summed E-state index contributed by atoms with van der Waals surface area (Å²) in [6.45, 7) is 7.26. The third kappa shape index (κ3) is 2.36. The molecule has 138 valence electrons. The van der Waals surface area contributed by atoms with Crippen LogP contribution < -0.4 is 15.1 Å². The number of benzene rings is 1. The van der Waals surface area contributed by atoms with Crippen LogP contribution in [-0.2, 0) is 6.61 Å². The van der Waals surface area contributed by atoms with Gasteiger partial charge in [0.25, 0.3) is 0 Å². The third-order valence-electron chi connectivity index (χ3n) is 5.27. The monoisotopic (exact) mass is 358 g/mol. The fraction of sp³-hybridized carbons (Fsp3) is 0.450. The molecule has 0 saturated heterocycles. The Morgan fingerprint density at radius 3 is 2.65 bits per heavy atom. The lowest BCUT2D eigenvalue weighted by molar-refractivity contribution is 0.0173. The number of rotatable bonds is 1. The van der Waals surface area contributed by atoms with Crippen LogP contribution in [0.4, 0.5) is 0 Å². The summed E-state index contributed by atoms with van der Waals surface area (Å²) >= 11 is 0. The van der Waals surface area contributed by atoms with Gasteiger partial charge in [0.2, 0.25) is 0 Å². The van der Waals surface area contributed by atoms with Gasteiger partial charge in [0.15, 0.2) is 5.58 Å². The zero-order chi connectivity index (χ0) is 18.8. The van der Waals surface area contributed by atoms with Gasteiger partial charge in [0, 0.05) is 12.0 Å². The predicted molar refractivity (Wildman–Crippen MR) is 96.4 cm³/mol. The van der Waals surface area contributed by atoms with Crippen LogP contribution in [0.5, 0.6) is 11.5 Å². The molecule has 1 aromatic heterocycles. The Bertz CT molecular complexity index is 984. The summed E-state index contributed by atoms with van der Waals surface area (Å²) in [5, 5.41) is 21.2. The molecule has 0 saturated carbocycles. The second kappa shape index (κ2) is 5.59. The van der Waals surface area contributed by atoms with Crippen LogP contribution in [-0.4, -0.2) is 21.9 Å². The average Bonchev–Trinajstić information content (AvgIpc) is 2.57. The van der Waals surface area contributed by atoms with Gasteiger partial charge in [-0.2, -0.15) is 0 Å². The summed E-state index contributed by atoms with van der Waals surface area (Å²) in [6, 6.07) is 1.26. The summed E-state index contributed by atoms with van der Waals surface area (Å²) in [6.07, 6.45) is 2.74. The summed E-state index contributed by atoms with van der Waals surface area (Å²) in [5.41, 5.74) is 0.585. The summed E-state index contributed by atoms with van der Waals surface area (Å²) in [7, 11) is 0. The van der Waals surface area contributed by atoms with Crippen LogP contribution in [0.15, 0.2) is 21.4 Å². The Morgan fingerprint density at radius 2 is 1.96 bits per heavy atom. The number of ether oxygens (including phenoxy) is 2. The zero-order valence-electron chi connectivity index (χ0n) is 15.2. The van der Waals surface area contributed by atoms with Crippen molar-refractivity contribution in [2.24, 2.45) is 5.92 Å². The highest BCUT2D eigenvalue weighted by Crippen LogP contribution is 2.52. The Hall–Kier alpha value is -2.31. The largest absolute Gasteiger partial charge is 0.489 e. The van der Waals surface area contributed by atoms with Gasteiger partial charge in [-0.15, -0.1) is 0 Å². The highest BCUT2D eigenvalue weighted by molar-refractivity contribution is 5.97. The van der Waals surface area contributed by atoms with Crippen molar-refractivity contribution in [1.82, 2.24) is 0 Å². The van der Waals surface area contributed by atoms with Crippen molar-refractivity contribution in [3.05, 3.63) is 39.3 Å². The first-order valence-corrected chi connectivity index (χ1v) is 8.74. The minimum absolute atomic E-state index is 0.184. The second-order valence-corrected chi connectivity index (χ2v) is 7.60. The molecular formula is C20H22O6. The standard InChI is InChI=1S/C20H22O6/c1-9-10(2)24-17-12-5-6-20(3,4)26-18(12)14-11(8-21)7-13(22)25-19(14)15(17)16(9)23/h5-7,9-10,16,21,23H,8H2,1-4H3. The molecule has 0 amide bonds. The van der Waals surface area contributed by atoms with Gasteiger partial charge < -0.3 is 24.1 Å². The topological polar surface area (TPSA) is 89.1 Å². The van der Waals surface area contributed by atoms with Gasteiger partial charge in [-0.25, -0.2) is 4.79 Å². The first-order chi connectivity index (χ1) is 12.2. The van der Waals surface area contributed by atoms with Gasteiger partial charge in [0.05, 0.1) is 29.2 Å². The van der Waals surface area contributed by atoms with Crippen molar-refractivity contribution in [3.63, 3.8) is 0 Å². The molecule has 6 nitrogen and oxygen atoms in total. The lowest BCUT2D eigenvalue weighted by Crippen LogP contribution is -2.34. The fourth-order valence-corrected chi connectivity index (χ4v) is 3.64. The molecule has 0 fully saturated rings. The summed E-state index contributed by atoms with van der Waals surface area (Å²) < 4.78 is 17.7. The van der Waals surface area contributed by atoms with Gasteiger partial charge in [0.1, 0.15) is 23.2 Å². The lowest BCUT2D eigenvalue weighted by atomic mass is 9.85. The molecule has 1 aromatic carbocycles. The number of hydrogen-bond acceptors (Lipinski definition) is 6. The molecular weight excluding hydrogens is 336 g/mol. The lowest BCUT2D eigenvalue weighted by Gasteiger charge is -2.37. The van der Waals surface area contributed by atoms with E-state index in [1.807, 2.05) is 39.8 Å². The summed E-state index contributed by atoms with van der Waals surface area (Å²) in [5.74, 6) is 0.778.